The highest BCUT2D eigenvalue weighted by molar-refractivity contribution is 6.15. The number of nitrogens with zero attached hydrogens (tertiary/aromatic N) is 3. The lowest BCUT2D eigenvalue weighted by Gasteiger charge is -2.09. The Bertz CT molecular complexity index is 2210. The first kappa shape index (κ1) is 24.9. The topological polar surface area (TPSA) is 51.8 Å². The Balaban J connectivity index is 1.31. The van der Waals surface area contributed by atoms with Gasteiger partial charge in [-0.2, -0.15) is 0 Å². The molecule has 2 heterocycles. The van der Waals surface area contributed by atoms with E-state index < -0.39 is 0 Å². The normalized spacial score (nSPS) is 11.3. The first-order valence-corrected chi connectivity index (χ1v) is 14.3. The third-order valence-corrected chi connectivity index (χ3v) is 7.77. The van der Waals surface area contributed by atoms with Crippen LogP contribution in [0.25, 0.3) is 78.4 Å². The van der Waals surface area contributed by atoms with Crippen LogP contribution in [0.1, 0.15) is 0 Å². The molecule has 0 atom stereocenters. The van der Waals surface area contributed by atoms with E-state index in [0.29, 0.717) is 17.5 Å². The second-order valence-corrected chi connectivity index (χ2v) is 10.4. The molecular formula is C39H25N3O. The number of para-hydroxylation sites is 1. The van der Waals surface area contributed by atoms with Crippen LogP contribution in [-0.2, 0) is 0 Å². The Kier molecular flexibility index (Phi) is 6.08. The lowest BCUT2D eigenvalue weighted by atomic mass is 9.99. The average Bonchev–Trinajstić information content (AvgIpc) is 3.49. The van der Waals surface area contributed by atoms with E-state index in [-0.39, 0.29) is 0 Å². The molecule has 0 saturated carbocycles. The van der Waals surface area contributed by atoms with Crippen LogP contribution in [0.2, 0.25) is 0 Å². The van der Waals surface area contributed by atoms with Gasteiger partial charge in [0.25, 0.3) is 0 Å². The summed E-state index contributed by atoms with van der Waals surface area (Å²) >= 11 is 0. The highest BCUT2D eigenvalue weighted by Crippen LogP contribution is 2.40. The van der Waals surface area contributed by atoms with Gasteiger partial charge < -0.3 is 4.42 Å². The van der Waals surface area contributed by atoms with Crippen molar-refractivity contribution in [2.24, 2.45) is 0 Å². The molecule has 0 aliphatic rings. The van der Waals surface area contributed by atoms with E-state index in [2.05, 4.69) is 91.0 Å². The van der Waals surface area contributed by atoms with Gasteiger partial charge in [-0.1, -0.05) is 140 Å². The summed E-state index contributed by atoms with van der Waals surface area (Å²) in [4.78, 5) is 14.9. The highest BCUT2D eigenvalue weighted by atomic mass is 16.3. The maximum absolute atomic E-state index is 6.56. The first-order valence-electron chi connectivity index (χ1n) is 14.3. The van der Waals surface area contributed by atoms with Crippen LogP contribution >= 0.6 is 0 Å². The fourth-order valence-electron chi connectivity index (χ4n) is 5.67. The molecule has 4 heteroatoms. The van der Waals surface area contributed by atoms with Crippen LogP contribution in [-0.4, -0.2) is 15.0 Å². The Morgan fingerprint density at radius 3 is 1.51 bits per heavy atom. The Labute approximate surface area is 249 Å². The van der Waals surface area contributed by atoms with Crippen LogP contribution in [0.15, 0.2) is 156 Å². The van der Waals surface area contributed by atoms with Crippen molar-refractivity contribution in [2.75, 3.05) is 0 Å². The molecule has 0 amide bonds. The maximum Gasteiger partial charge on any atom is 0.167 e. The van der Waals surface area contributed by atoms with Gasteiger partial charge in [0.05, 0.1) is 5.56 Å². The van der Waals surface area contributed by atoms with Crippen molar-refractivity contribution in [3.05, 3.63) is 152 Å². The van der Waals surface area contributed by atoms with Crippen LogP contribution in [0.5, 0.6) is 0 Å². The van der Waals surface area contributed by atoms with E-state index in [1.54, 1.807) is 0 Å². The van der Waals surface area contributed by atoms with E-state index >= 15 is 0 Å². The van der Waals surface area contributed by atoms with Gasteiger partial charge in [0, 0.05) is 21.9 Å². The van der Waals surface area contributed by atoms with E-state index in [9.17, 15) is 0 Å². The number of hydrogen-bond donors (Lipinski definition) is 0. The minimum Gasteiger partial charge on any atom is -0.455 e. The summed E-state index contributed by atoms with van der Waals surface area (Å²) < 4.78 is 6.56. The quantitative estimate of drug-likeness (QED) is 0.214. The third kappa shape index (κ3) is 4.55. The molecule has 6 aromatic carbocycles. The minimum absolute atomic E-state index is 0.571. The summed E-state index contributed by atoms with van der Waals surface area (Å²) in [6.45, 7) is 0. The highest BCUT2D eigenvalue weighted by Gasteiger charge is 2.19. The molecule has 8 rings (SSSR count). The zero-order chi connectivity index (χ0) is 28.6. The van der Waals surface area contributed by atoms with Gasteiger partial charge in [0.2, 0.25) is 0 Å². The molecular weight excluding hydrogens is 526 g/mol. The smallest absolute Gasteiger partial charge is 0.167 e. The van der Waals surface area contributed by atoms with Gasteiger partial charge in [-0.3, -0.25) is 0 Å². The van der Waals surface area contributed by atoms with Gasteiger partial charge in [0.15, 0.2) is 17.5 Å². The Hall–Kier alpha value is -5.87. The number of hydrogen-bond acceptors (Lipinski definition) is 4. The monoisotopic (exact) mass is 551 g/mol. The molecule has 43 heavy (non-hydrogen) atoms. The SMILES string of the molecule is c1ccc(-c2ccc(-c3nc(-c4ccccc4)nc(-c4cccc5c4oc4cccc(-c6ccccc6)c45)n3)cc2)cc1. The van der Waals surface area contributed by atoms with Crippen molar-refractivity contribution in [3.8, 4) is 56.4 Å². The average molecular weight is 552 g/mol. The van der Waals surface area contributed by atoms with Crippen LogP contribution in [0, 0.1) is 0 Å². The van der Waals surface area contributed by atoms with Crippen molar-refractivity contribution >= 4 is 21.9 Å². The molecule has 0 N–H and O–H groups in total. The van der Waals surface area contributed by atoms with Gasteiger partial charge >= 0.3 is 0 Å². The van der Waals surface area contributed by atoms with Gasteiger partial charge in [-0.25, -0.2) is 15.0 Å². The molecule has 0 unspecified atom stereocenters. The fraction of sp³-hybridized carbons (Fsp3) is 0. The summed E-state index contributed by atoms with van der Waals surface area (Å²) in [5.74, 6) is 1.80. The van der Waals surface area contributed by atoms with Gasteiger partial charge in [0.1, 0.15) is 11.2 Å². The molecule has 2 aromatic heterocycles. The zero-order valence-electron chi connectivity index (χ0n) is 23.2. The predicted molar refractivity (Wildman–Crippen MR) is 174 cm³/mol. The number of aromatic nitrogens is 3. The van der Waals surface area contributed by atoms with Crippen molar-refractivity contribution < 1.29 is 4.42 Å². The molecule has 0 aliphatic carbocycles. The molecule has 4 nitrogen and oxygen atoms in total. The Morgan fingerprint density at radius 2 is 0.837 bits per heavy atom. The largest absolute Gasteiger partial charge is 0.455 e. The molecule has 0 spiro atoms. The lowest BCUT2D eigenvalue weighted by molar-refractivity contribution is 0.669. The van der Waals surface area contributed by atoms with Gasteiger partial charge in [-0.05, 0) is 34.4 Å². The molecule has 8 aromatic rings. The summed E-state index contributed by atoms with van der Waals surface area (Å²) in [6, 6.07) is 51.6. The van der Waals surface area contributed by atoms with Crippen LogP contribution in [0.3, 0.4) is 0 Å². The van der Waals surface area contributed by atoms with Gasteiger partial charge in [-0.15, -0.1) is 0 Å². The van der Waals surface area contributed by atoms with Crippen molar-refractivity contribution in [2.45, 2.75) is 0 Å². The molecule has 0 aliphatic heterocycles. The maximum atomic E-state index is 6.56. The third-order valence-electron chi connectivity index (χ3n) is 7.77. The lowest BCUT2D eigenvalue weighted by Crippen LogP contribution is -2.00. The van der Waals surface area contributed by atoms with Crippen molar-refractivity contribution in [1.82, 2.24) is 15.0 Å². The number of fused-ring (bicyclic) bond motifs is 3. The predicted octanol–water partition coefficient (Wildman–Crippen LogP) is 10.1. The van der Waals surface area contributed by atoms with Crippen molar-refractivity contribution in [1.29, 1.82) is 0 Å². The first-order chi connectivity index (χ1) is 21.3. The second-order valence-electron chi connectivity index (χ2n) is 10.4. The van der Waals surface area contributed by atoms with E-state index in [4.69, 9.17) is 19.4 Å². The zero-order valence-corrected chi connectivity index (χ0v) is 23.2. The summed E-state index contributed by atoms with van der Waals surface area (Å²) in [6.07, 6.45) is 0. The molecule has 0 fully saturated rings. The molecule has 0 radical (unpaired) electrons. The number of rotatable bonds is 5. The van der Waals surface area contributed by atoms with Crippen LogP contribution < -0.4 is 0 Å². The van der Waals surface area contributed by atoms with E-state index in [1.165, 1.54) is 5.56 Å². The molecule has 0 bridgehead atoms. The van der Waals surface area contributed by atoms with Crippen LogP contribution in [0.4, 0.5) is 0 Å². The minimum atomic E-state index is 0.571. The summed E-state index contributed by atoms with van der Waals surface area (Å²) in [7, 11) is 0. The fourth-order valence-corrected chi connectivity index (χ4v) is 5.67. The Morgan fingerprint density at radius 1 is 0.349 bits per heavy atom. The second kappa shape index (κ2) is 10.5. The standard InChI is InChI=1S/C39H25N3O/c1-4-12-26(13-5-1)27-22-24-30(25-23-27)38-40-37(29-16-8-3-9-17-29)41-39(42-38)33-20-10-19-32-35-31(28-14-6-2-7-15-28)18-11-21-34(35)43-36(32)33/h1-25H. The summed E-state index contributed by atoms with van der Waals surface area (Å²) in [5.41, 5.74) is 8.86. The number of benzene rings is 6. The molecule has 0 saturated heterocycles. The molecule has 202 valence electrons. The number of furan rings is 1. The van der Waals surface area contributed by atoms with E-state index in [1.807, 2.05) is 60.7 Å². The summed E-state index contributed by atoms with van der Waals surface area (Å²) in [5, 5.41) is 2.11. The van der Waals surface area contributed by atoms with E-state index in [0.717, 1.165) is 55.3 Å². The van der Waals surface area contributed by atoms with Crippen molar-refractivity contribution in [3.63, 3.8) is 0 Å².